The lowest BCUT2D eigenvalue weighted by molar-refractivity contribution is 0.556. The predicted octanol–water partition coefficient (Wildman–Crippen LogP) is 2.42. The Bertz CT molecular complexity index is 226. The van der Waals surface area contributed by atoms with Gasteiger partial charge in [0.05, 0.1) is 6.26 Å². The summed E-state index contributed by atoms with van der Waals surface area (Å²) in [5.74, 6) is 0.887. The van der Waals surface area contributed by atoms with Crippen LogP contribution in [0, 0.1) is 0 Å². The highest BCUT2D eigenvalue weighted by molar-refractivity contribution is 5.41. The van der Waals surface area contributed by atoms with Gasteiger partial charge in [0.25, 0.3) is 0 Å². The minimum absolute atomic E-state index is 0.274. The van der Waals surface area contributed by atoms with Crippen LogP contribution in [0.3, 0.4) is 0 Å². The SMILES string of the molecule is CCC(N)C/C=C/c1ccco1. The van der Waals surface area contributed by atoms with Gasteiger partial charge >= 0.3 is 0 Å². The fourth-order valence-electron chi connectivity index (χ4n) is 0.912. The second kappa shape index (κ2) is 4.78. The third-order valence-electron chi connectivity index (χ3n) is 1.79. The molecule has 1 aromatic rings. The van der Waals surface area contributed by atoms with Gasteiger partial charge in [0.15, 0.2) is 0 Å². The molecule has 2 N–H and O–H groups in total. The van der Waals surface area contributed by atoms with Gasteiger partial charge in [-0.2, -0.15) is 0 Å². The molecule has 2 heteroatoms. The maximum Gasteiger partial charge on any atom is 0.126 e. The Labute approximate surface area is 73.1 Å². The van der Waals surface area contributed by atoms with Crippen molar-refractivity contribution in [1.29, 1.82) is 0 Å². The van der Waals surface area contributed by atoms with Crippen LogP contribution in [0.5, 0.6) is 0 Å². The molecular weight excluding hydrogens is 150 g/mol. The van der Waals surface area contributed by atoms with Gasteiger partial charge in [-0.25, -0.2) is 0 Å². The van der Waals surface area contributed by atoms with Crippen LogP contribution in [0.4, 0.5) is 0 Å². The average Bonchev–Trinajstić information content (AvgIpc) is 2.57. The molecule has 1 unspecified atom stereocenters. The molecule has 0 aliphatic rings. The van der Waals surface area contributed by atoms with Gasteiger partial charge in [-0.1, -0.05) is 13.0 Å². The lowest BCUT2D eigenvalue weighted by Crippen LogP contribution is -2.16. The summed E-state index contributed by atoms with van der Waals surface area (Å²) >= 11 is 0. The molecule has 66 valence electrons. The smallest absolute Gasteiger partial charge is 0.126 e. The maximum absolute atomic E-state index is 5.73. The lowest BCUT2D eigenvalue weighted by Gasteiger charge is -2.01. The van der Waals surface area contributed by atoms with E-state index in [1.807, 2.05) is 24.3 Å². The van der Waals surface area contributed by atoms with Crippen LogP contribution >= 0.6 is 0 Å². The largest absolute Gasteiger partial charge is 0.465 e. The number of hydrogen-bond donors (Lipinski definition) is 1. The summed E-state index contributed by atoms with van der Waals surface area (Å²) in [5, 5.41) is 0. The molecule has 0 aromatic carbocycles. The molecule has 1 rings (SSSR count). The van der Waals surface area contributed by atoms with Gasteiger partial charge in [-0.15, -0.1) is 0 Å². The Morgan fingerprint density at radius 2 is 2.50 bits per heavy atom. The fraction of sp³-hybridized carbons (Fsp3) is 0.400. The van der Waals surface area contributed by atoms with Crippen molar-refractivity contribution < 1.29 is 4.42 Å². The zero-order chi connectivity index (χ0) is 8.81. The summed E-state index contributed by atoms with van der Waals surface area (Å²) in [6.07, 6.45) is 7.60. The average molecular weight is 165 g/mol. The van der Waals surface area contributed by atoms with E-state index in [4.69, 9.17) is 10.2 Å². The molecule has 0 fully saturated rings. The van der Waals surface area contributed by atoms with E-state index in [0.717, 1.165) is 18.6 Å². The first-order chi connectivity index (χ1) is 5.83. The summed E-state index contributed by atoms with van der Waals surface area (Å²) in [4.78, 5) is 0. The van der Waals surface area contributed by atoms with Gasteiger partial charge in [-0.05, 0) is 31.1 Å². The molecule has 0 aliphatic carbocycles. The second-order valence-electron chi connectivity index (χ2n) is 2.82. The maximum atomic E-state index is 5.73. The van der Waals surface area contributed by atoms with Gasteiger partial charge in [0.2, 0.25) is 0 Å². The molecule has 1 atom stereocenters. The zero-order valence-electron chi connectivity index (χ0n) is 7.36. The third kappa shape index (κ3) is 2.93. The molecule has 1 heterocycles. The highest BCUT2D eigenvalue weighted by Gasteiger charge is 1.94. The van der Waals surface area contributed by atoms with Crippen LogP contribution in [-0.2, 0) is 0 Å². The van der Waals surface area contributed by atoms with E-state index in [1.54, 1.807) is 6.26 Å². The van der Waals surface area contributed by atoms with Gasteiger partial charge in [-0.3, -0.25) is 0 Å². The van der Waals surface area contributed by atoms with Crippen molar-refractivity contribution in [2.75, 3.05) is 0 Å². The molecular formula is C10H15NO. The molecule has 0 aliphatic heterocycles. The number of rotatable bonds is 4. The number of hydrogen-bond acceptors (Lipinski definition) is 2. The lowest BCUT2D eigenvalue weighted by atomic mass is 10.1. The summed E-state index contributed by atoms with van der Waals surface area (Å²) < 4.78 is 5.12. The van der Waals surface area contributed by atoms with Crippen LogP contribution in [0.25, 0.3) is 6.08 Å². The van der Waals surface area contributed by atoms with Crippen LogP contribution in [-0.4, -0.2) is 6.04 Å². The molecule has 0 amide bonds. The van der Waals surface area contributed by atoms with Gasteiger partial charge in [0.1, 0.15) is 5.76 Å². The molecule has 1 aromatic heterocycles. The quantitative estimate of drug-likeness (QED) is 0.744. The van der Waals surface area contributed by atoms with E-state index in [1.165, 1.54) is 0 Å². The summed E-state index contributed by atoms with van der Waals surface area (Å²) in [7, 11) is 0. The highest BCUT2D eigenvalue weighted by Crippen LogP contribution is 2.04. The third-order valence-corrected chi connectivity index (χ3v) is 1.79. The van der Waals surface area contributed by atoms with Crippen molar-refractivity contribution >= 4 is 6.08 Å². The van der Waals surface area contributed by atoms with Gasteiger partial charge in [0, 0.05) is 6.04 Å². The molecule has 0 radical (unpaired) electrons. The van der Waals surface area contributed by atoms with Crippen molar-refractivity contribution in [3.63, 3.8) is 0 Å². The first kappa shape index (κ1) is 9.07. The number of nitrogens with two attached hydrogens (primary N) is 1. The van der Waals surface area contributed by atoms with Crippen LogP contribution in [0.15, 0.2) is 28.9 Å². The van der Waals surface area contributed by atoms with Crippen molar-refractivity contribution in [2.45, 2.75) is 25.8 Å². The molecule has 12 heavy (non-hydrogen) atoms. The fourth-order valence-corrected chi connectivity index (χ4v) is 0.912. The topological polar surface area (TPSA) is 39.2 Å². The standard InChI is InChI=1S/C10H15NO/c1-2-9(11)5-3-6-10-7-4-8-12-10/h3-4,6-9H,2,5,11H2,1H3/b6-3+. The molecule has 0 saturated carbocycles. The molecule has 2 nitrogen and oxygen atoms in total. The number of furan rings is 1. The monoisotopic (exact) mass is 165 g/mol. The van der Waals surface area contributed by atoms with Crippen LogP contribution < -0.4 is 5.73 Å². The molecule has 0 bridgehead atoms. The summed E-state index contributed by atoms with van der Waals surface area (Å²) in [5.41, 5.74) is 5.73. The van der Waals surface area contributed by atoms with Crippen molar-refractivity contribution in [3.8, 4) is 0 Å². The first-order valence-corrected chi connectivity index (χ1v) is 4.28. The van der Waals surface area contributed by atoms with E-state index in [2.05, 4.69) is 6.92 Å². The van der Waals surface area contributed by atoms with E-state index in [-0.39, 0.29) is 6.04 Å². The first-order valence-electron chi connectivity index (χ1n) is 4.28. The predicted molar refractivity (Wildman–Crippen MR) is 50.6 cm³/mol. The highest BCUT2D eigenvalue weighted by atomic mass is 16.3. The van der Waals surface area contributed by atoms with Crippen molar-refractivity contribution in [3.05, 3.63) is 30.2 Å². The minimum Gasteiger partial charge on any atom is -0.465 e. The normalized spacial score (nSPS) is 13.8. The Kier molecular flexibility index (Phi) is 3.61. The Hall–Kier alpha value is -1.02. The van der Waals surface area contributed by atoms with E-state index >= 15 is 0 Å². The Morgan fingerprint density at radius 1 is 1.67 bits per heavy atom. The summed E-state index contributed by atoms with van der Waals surface area (Å²) in [6.45, 7) is 2.09. The zero-order valence-corrected chi connectivity index (χ0v) is 7.36. The Balaban J connectivity index is 2.32. The summed E-state index contributed by atoms with van der Waals surface area (Å²) in [6, 6.07) is 4.07. The van der Waals surface area contributed by atoms with E-state index < -0.39 is 0 Å². The van der Waals surface area contributed by atoms with Crippen LogP contribution in [0.1, 0.15) is 25.5 Å². The van der Waals surface area contributed by atoms with Crippen molar-refractivity contribution in [2.24, 2.45) is 5.73 Å². The minimum atomic E-state index is 0.274. The van der Waals surface area contributed by atoms with Gasteiger partial charge < -0.3 is 10.2 Å². The second-order valence-corrected chi connectivity index (χ2v) is 2.82. The van der Waals surface area contributed by atoms with E-state index in [9.17, 15) is 0 Å². The van der Waals surface area contributed by atoms with Crippen molar-refractivity contribution in [1.82, 2.24) is 0 Å². The van der Waals surface area contributed by atoms with Crippen LogP contribution in [0.2, 0.25) is 0 Å². The Morgan fingerprint density at radius 3 is 3.08 bits per heavy atom. The molecule has 0 saturated heterocycles. The van der Waals surface area contributed by atoms with E-state index in [0.29, 0.717) is 0 Å². The molecule has 0 spiro atoms.